The number of aromatic carboxylic acids is 1. The molecule has 0 amide bonds. The van der Waals surface area contributed by atoms with E-state index in [1.807, 2.05) is 6.07 Å². The summed E-state index contributed by atoms with van der Waals surface area (Å²) < 4.78 is 5.64. The monoisotopic (exact) mass is 383 g/mol. The molecule has 1 aliphatic heterocycles. The number of likely N-dealkylation sites (tertiary alicyclic amines) is 1. The Morgan fingerprint density at radius 1 is 1.21 bits per heavy atom. The third-order valence-corrected chi connectivity index (χ3v) is 5.07. The zero-order valence-electron chi connectivity index (χ0n) is 15.7. The maximum Gasteiger partial charge on any atom is 0.335 e. The van der Waals surface area contributed by atoms with Gasteiger partial charge in [-0.3, -0.25) is 4.98 Å². The number of aromatic nitrogens is 1. The fourth-order valence-corrected chi connectivity index (χ4v) is 3.45. The topological polar surface area (TPSA) is 95.3 Å². The fraction of sp³-hybridized carbons (Fsp3) is 0.381. The average molecular weight is 383 g/mol. The second-order valence-electron chi connectivity index (χ2n) is 6.86. The van der Waals surface area contributed by atoms with Crippen molar-refractivity contribution in [2.45, 2.75) is 18.8 Å². The van der Waals surface area contributed by atoms with Gasteiger partial charge < -0.3 is 20.0 Å². The Hall–Kier alpha value is -2.77. The van der Waals surface area contributed by atoms with Crippen LogP contribution in [0.15, 0.2) is 53.8 Å². The van der Waals surface area contributed by atoms with E-state index >= 15 is 0 Å². The summed E-state index contributed by atoms with van der Waals surface area (Å²) in [5, 5.41) is 21.5. The summed E-state index contributed by atoms with van der Waals surface area (Å²) in [6, 6.07) is 13.4. The van der Waals surface area contributed by atoms with Gasteiger partial charge in [-0.05, 0) is 49.5 Å². The number of hydrogen-bond acceptors (Lipinski definition) is 6. The predicted octanol–water partition coefficient (Wildman–Crippen LogP) is 2.85. The van der Waals surface area contributed by atoms with Crippen molar-refractivity contribution in [2.75, 3.05) is 32.8 Å². The highest BCUT2D eigenvalue weighted by atomic mass is 16.5. The van der Waals surface area contributed by atoms with Gasteiger partial charge in [0.15, 0.2) is 0 Å². The quantitative estimate of drug-likeness (QED) is 0.315. The molecule has 1 aliphatic rings. The molecule has 7 heteroatoms. The van der Waals surface area contributed by atoms with Crippen LogP contribution in [0.4, 0.5) is 0 Å². The first-order valence-corrected chi connectivity index (χ1v) is 9.43. The normalized spacial score (nSPS) is 16.2. The van der Waals surface area contributed by atoms with Crippen LogP contribution >= 0.6 is 0 Å². The molecule has 0 atom stereocenters. The van der Waals surface area contributed by atoms with Crippen molar-refractivity contribution in [1.29, 1.82) is 0 Å². The van der Waals surface area contributed by atoms with E-state index in [0.717, 1.165) is 32.5 Å². The van der Waals surface area contributed by atoms with Crippen LogP contribution in [-0.2, 0) is 4.74 Å². The molecule has 0 bridgehead atoms. The molecule has 0 saturated carbocycles. The molecule has 1 saturated heterocycles. The van der Waals surface area contributed by atoms with Gasteiger partial charge in [0, 0.05) is 12.7 Å². The minimum atomic E-state index is -1.05. The van der Waals surface area contributed by atoms with E-state index in [9.17, 15) is 10.0 Å². The van der Waals surface area contributed by atoms with Gasteiger partial charge in [-0.25, -0.2) is 4.79 Å². The molecule has 2 heterocycles. The molecule has 2 N–H and O–H groups in total. The Labute approximate surface area is 164 Å². The summed E-state index contributed by atoms with van der Waals surface area (Å²) in [7, 11) is 0. The number of ether oxygens (including phenoxy) is 1. The van der Waals surface area contributed by atoms with Crippen LogP contribution in [0.3, 0.4) is 0 Å². The highest BCUT2D eigenvalue weighted by Crippen LogP contribution is 2.27. The summed E-state index contributed by atoms with van der Waals surface area (Å²) in [5.41, 5.74) is 2.02. The molecule has 3 rings (SSSR count). The molecule has 0 unspecified atom stereocenters. The van der Waals surface area contributed by atoms with Crippen LogP contribution in [0.2, 0.25) is 0 Å². The zero-order chi connectivity index (χ0) is 19.8. The summed E-state index contributed by atoms with van der Waals surface area (Å²) >= 11 is 0. The van der Waals surface area contributed by atoms with Gasteiger partial charge in [-0.1, -0.05) is 35.5 Å². The number of nitrogens with zero attached hydrogens (tertiary/aromatic N) is 3. The Bertz CT molecular complexity index is 802. The van der Waals surface area contributed by atoms with Gasteiger partial charge in [0.05, 0.1) is 24.5 Å². The van der Waals surface area contributed by atoms with Gasteiger partial charge in [0.2, 0.25) is 0 Å². The lowest BCUT2D eigenvalue weighted by Gasteiger charge is -2.32. The van der Waals surface area contributed by atoms with Crippen molar-refractivity contribution >= 4 is 11.7 Å². The second kappa shape index (κ2) is 9.96. The molecule has 28 heavy (non-hydrogen) atoms. The third kappa shape index (κ3) is 5.37. The van der Waals surface area contributed by atoms with Crippen molar-refractivity contribution in [2.24, 2.45) is 5.16 Å². The van der Waals surface area contributed by atoms with Crippen molar-refractivity contribution in [3.8, 4) is 0 Å². The molecule has 7 nitrogen and oxygen atoms in total. The molecule has 2 aromatic rings. The summed E-state index contributed by atoms with van der Waals surface area (Å²) in [6.45, 7) is 3.46. The first-order valence-electron chi connectivity index (χ1n) is 9.43. The molecule has 1 aromatic heterocycles. The molecule has 1 fully saturated rings. The summed E-state index contributed by atoms with van der Waals surface area (Å²) in [6.07, 6.45) is 3.65. The smallest absolute Gasteiger partial charge is 0.335 e. The van der Waals surface area contributed by atoms with Gasteiger partial charge in [-0.2, -0.15) is 0 Å². The summed E-state index contributed by atoms with van der Waals surface area (Å²) in [4.78, 5) is 17.5. The van der Waals surface area contributed by atoms with E-state index in [-0.39, 0.29) is 17.9 Å². The van der Waals surface area contributed by atoms with Gasteiger partial charge in [0.25, 0.3) is 0 Å². The second-order valence-corrected chi connectivity index (χ2v) is 6.86. The maximum absolute atomic E-state index is 11.0. The van der Waals surface area contributed by atoms with Crippen LogP contribution in [0.5, 0.6) is 0 Å². The fourth-order valence-electron chi connectivity index (χ4n) is 3.45. The lowest BCUT2D eigenvalue weighted by Crippen LogP contribution is -2.35. The maximum atomic E-state index is 11.0. The highest BCUT2D eigenvalue weighted by Gasteiger charge is 2.20. The molecule has 0 aliphatic carbocycles. The van der Waals surface area contributed by atoms with Gasteiger partial charge in [0.1, 0.15) is 5.71 Å². The first kappa shape index (κ1) is 20.0. The predicted molar refractivity (Wildman–Crippen MR) is 105 cm³/mol. The number of carboxylic acid groups (broad SMARTS) is 1. The molecule has 148 valence electrons. The molecular formula is C21H25N3O4. The number of carbonyl (C=O) groups is 1. The minimum absolute atomic E-state index is 0.0764. The van der Waals surface area contributed by atoms with Crippen LogP contribution < -0.4 is 0 Å². The third-order valence-electron chi connectivity index (χ3n) is 5.07. The van der Waals surface area contributed by atoms with Crippen molar-refractivity contribution in [3.05, 3.63) is 65.5 Å². The van der Waals surface area contributed by atoms with E-state index in [4.69, 9.17) is 9.84 Å². The van der Waals surface area contributed by atoms with Crippen LogP contribution in [0.1, 0.15) is 40.4 Å². The Kier molecular flexibility index (Phi) is 7.11. The average Bonchev–Trinajstić information content (AvgIpc) is 2.75. The van der Waals surface area contributed by atoms with E-state index in [1.54, 1.807) is 0 Å². The number of pyridine rings is 1. The number of piperidine rings is 1. The zero-order valence-corrected chi connectivity index (χ0v) is 15.7. The van der Waals surface area contributed by atoms with E-state index in [0.29, 0.717) is 18.2 Å². The number of benzene rings is 1. The molecule has 0 radical (unpaired) electrons. The largest absolute Gasteiger partial charge is 0.478 e. The number of carboxylic acids is 1. The Morgan fingerprint density at radius 3 is 2.64 bits per heavy atom. The van der Waals surface area contributed by atoms with Crippen LogP contribution in [-0.4, -0.2) is 64.7 Å². The Balaban J connectivity index is 1.41. The first-order chi connectivity index (χ1) is 13.7. The number of oxime groups is 1. The van der Waals surface area contributed by atoms with Gasteiger partial charge in [-0.15, -0.1) is 0 Å². The highest BCUT2D eigenvalue weighted by molar-refractivity contribution is 6.01. The molecule has 0 spiro atoms. The lowest BCUT2D eigenvalue weighted by molar-refractivity contribution is 0.0696. The summed E-state index contributed by atoms with van der Waals surface area (Å²) in [5.74, 6) is -0.431. The molecule has 1 aromatic carbocycles. The standard InChI is InChI=1S/C21H25N3O4/c25-21(26)18-6-9-22-19(14-18)20(23-27)15-28-13-12-24-10-7-17(8-11-24)16-4-2-1-3-5-16/h1-6,9,14,17,27H,7-8,10-13,15H2,(H,25,26)/b23-20+. The SMILES string of the molecule is O=C(O)c1ccnc(/C(COCCN2CCC(c3ccccc3)CC2)=N/O)c1. The van der Waals surface area contributed by atoms with Crippen molar-refractivity contribution in [1.82, 2.24) is 9.88 Å². The van der Waals surface area contributed by atoms with E-state index in [2.05, 4.69) is 39.3 Å². The van der Waals surface area contributed by atoms with Crippen LogP contribution in [0, 0.1) is 0 Å². The van der Waals surface area contributed by atoms with E-state index < -0.39 is 5.97 Å². The number of rotatable bonds is 8. The van der Waals surface area contributed by atoms with Crippen LogP contribution in [0.25, 0.3) is 0 Å². The molecular weight excluding hydrogens is 358 g/mol. The Morgan fingerprint density at radius 2 is 1.96 bits per heavy atom. The number of hydrogen-bond donors (Lipinski definition) is 2. The van der Waals surface area contributed by atoms with Crippen molar-refractivity contribution < 1.29 is 19.8 Å². The van der Waals surface area contributed by atoms with Gasteiger partial charge >= 0.3 is 5.97 Å². The van der Waals surface area contributed by atoms with E-state index in [1.165, 1.54) is 23.9 Å². The lowest BCUT2D eigenvalue weighted by atomic mass is 9.89. The van der Waals surface area contributed by atoms with Crippen molar-refractivity contribution in [3.63, 3.8) is 0 Å². The minimum Gasteiger partial charge on any atom is -0.478 e.